The summed E-state index contributed by atoms with van der Waals surface area (Å²) in [5.41, 5.74) is 1.88. The molecule has 0 aliphatic carbocycles. The number of hydrogen-bond acceptors (Lipinski definition) is 9. The lowest BCUT2D eigenvalue weighted by atomic mass is 10.2. The SMILES string of the molecule is COc1ccc(N2CCN(c3nc4ccccn4c(=O)c3C=C3SC(=S)N(CC4CCCO4)C3=O)CC2)cc1. The molecular formula is C28H29N5O4S2. The monoisotopic (exact) mass is 563 g/mol. The van der Waals surface area contributed by atoms with Crippen LogP contribution in [0.2, 0.25) is 0 Å². The highest BCUT2D eigenvalue weighted by atomic mass is 32.2. The zero-order chi connectivity index (χ0) is 26.9. The first-order valence-electron chi connectivity index (χ1n) is 13.0. The number of carbonyl (C=O) groups excluding carboxylic acids is 1. The van der Waals surface area contributed by atoms with E-state index in [0.29, 0.717) is 52.5 Å². The summed E-state index contributed by atoms with van der Waals surface area (Å²) >= 11 is 6.77. The quantitative estimate of drug-likeness (QED) is 0.331. The van der Waals surface area contributed by atoms with Crippen LogP contribution in [0.5, 0.6) is 5.75 Å². The summed E-state index contributed by atoms with van der Waals surface area (Å²) in [6.45, 7) is 4.06. The van der Waals surface area contributed by atoms with Gasteiger partial charge in [0.1, 0.15) is 21.5 Å². The van der Waals surface area contributed by atoms with E-state index in [1.807, 2.05) is 24.3 Å². The Bertz CT molecular complexity index is 1490. The van der Waals surface area contributed by atoms with Gasteiger partial charge < -0.3 is 19.3 Å². The third-order valence-corrected chi connectivity index (χ3v) is 8.70. The van der Waals surface area contributed by atoms with Crippen molar-refractivity contribution in [3.8, 4) is 5.75 Å². The molecule has 202 valence electrons. The topological polar surface area (TPSA) is 79.6 Å². The fourth-order valence-corrected chi connectivity index (χ4v) is 6.47. The van der Waals surface area contributed by atoms with E-state index in [4.69, 9.17) is 26.7 Å². The highest BCUT2D eigenvalue weighted by Crippen LogP contribution is 2.34. The van der Waals surface area contributed by atoms with Crippen molar-refractivity contribution in [3.05, 3.63) is 69.5 Å². The largest absolute Gasteiger partial charge is 0.497 e. The average molecular weight is 564 g/mol. The molecule has 2 aromatic heterocycles. The molecule has 1 aromatic carbocycles. The zero-order valence-electron chi connectivity index (χ0n) is 21.6. The number of piperazine rings is 1. The van der Waals surface area contributed by atoms with Crippen molar-refractivity contribution in [1.29, 1.82) is 0 Å². The number of hydrogen-bond donors (Lipinski definition) is 0. The van der Waals surface area contributed by atoms with Gasteiger partial charge in [-0.15, -0.1) is 0 Å². The van der Waals surface area contributed by atoms with Crippen molar-refractivity contribution >= 4 is 57.4 Å². The first kappa shape index (κ1) is 25.8. The second-order valence-electron chi connectivity index (χ2n) is 9.68. The molecule has 1 atom stereocenters. The first-order valence-corrected chi connectivity index (χ1v) is 14.3. The molecule has 5 heterocycles. The van der Waals surface area contributed by atoms with Crippen LogP contribution in [0.3, 0.4) is 0 Å². The molecule has 3 fully saturated rings. The molecule has 11 heteroatoms. The summed E-state index contributed by atoms with van der Waals surface area (Å²) in [6, 6.07) is 13.5. The zero-order valence-corrected chi connectivity index (χ0v) is 23.2. The van der Waals surface area contributed by atoms with E-state index in [1.54, 1.807) is 30.3 Å². The number of methoxy groups -OCH3 is 1. The summed E-state index contributed by atoms with van der Waals surface area (Å²) in [6.07, 6.45) is 5.28. The summed E-state index contributed by atoms with van der Waals surface area (Å²) in [5.74, 6) is 1.22. The Morgan fingerprint density at radius 2 is 1.87 bits per heavy atom. The van der Waals surface area contributed by atoms with Crippen molar-refractivity contribution in [1.82, 2.24) is 14.3 Å². The van der Waals surface area contributed by atoms with Gasteiger partial charge in [-0.2, -0.15) is 0 Å². The van der Waals surface area contributed by atoms with Gasteiger partial charge in [-0.3, -0.25) is 18.9 Å². The molecule has 3 aliphatic heterocycles. The van der Waals surface area contributed by atoms with Crippen LogP contribution >= 0.6 is 24.0 Å². The van der Waals surface area contributed by atoms with Crippen LogP contribution in [-0.2, 0) is 9.53 Å². The predicted molar refractivity (Wildman–Crippen MR) is 158 cm³/mol. The number of pyridine rings is 1. The lowest BCUT2D eigenvalue weighted by molar-refractivity contribution is -0.123. The van der Waals surface area contributed by atoms with Crippen LogP contribution in [0.1, 0.15) is 18.4 Å². The molecule has 1 unspecified atom stereocenters. The Hall–Kier alpha value is -3.41. The molecule has 9 nitrogen and oxygen atoms in total. The highest BCUT2D eigenvalue weighted by molar-refractivity contribution is 8.26. The maximum atomic E-state index is 13.7. The molecule has 0 N–H and O–H groups in total. The molecule has 1 amide bonds. The van der Waals surface area contributed by atoms with Crippen molar-refractivity contribution in [2.45, 2.75) is 18.9 Å². The van der Waals surface area contributed by atoms with Gasteiger partial charge in [-0.1, -0.05) is 30.0 Å². The number of nitrogens with zero attached hydrogens (tertiary/aromatic N) is 5. The van der Waals surface area contributed by atoms with E-state index in [2.05, 4.69) is 21.9 Å². The lowest BCUT2D eigenvalue weighted by Crippen LogP contribution is -2.47. The van der Waals surface area contributed by atoms with Crippen LogP contribution in [0.15, 0.2) is 58.4 Å². The number of ether oxygens (including phenoxy) is 2. The molecular weight excluding hydrogens is 534 g/mol. The summed E-state index contributed by atoms with van der Waals surface area (Å²) in [4.78, 5) is 38.4. The number of aromatic nitrogens is 2. The van der Waals surface area contributed by atoms with Gasteiger partial charge in [-0.25, -0.2) is 4.98 Å². The van der Waals surface area contributed by atoms with Gasteiger partial charge >= 0.3 is 0 Å². The van der Waals surface area contributed by atoms with Gasteiger partial charge in [0.2, 0.25) is 0 Å². The van der Waals surface area contributed by atoms with E-state index < -0.39 is 0 Å². The molecule has 6 rings (SSSR count). The van der Waals surface area contributed by atoms with Gasteiger partial charge in [0.15, 0.2) is 0 Å². The van der Waals surface area contributed by atoms with Crippen molar-refractivity contribution < 1.29 is 14.3 Å². The summed E-state index contributed by atoms with van der Waals surface area (Å²) in [7, 11) is 1.66. The van der Waals surface area contributed by atoms with Crippen molar-refractivity contribution in [3.63, 3.8) is 0 Å². The second-order valence-corrected chi connectivity index (χ2v) is 11.4. The molecule has 3 aromatic rings. The lowest BCUT2D eigenvalue weighted by Gasteiger charge is -2.37. The van der Waals surface area contributed by atoms with Gasteiger partial charge in [0.25, 0.3) is 11.5 Å². The number of benzene rings is 1. The minimum absolute atomic E-state index is 0.00244. The van der Waals surface area contributed by atoms with Crippen LogP contribution in [-0.4, -0.2) is 77.1 Å². The fourth-order valence-electron chi connectivity index (χ4n) is 5.21. The van der Waals surface area contributed by atoms with E-state index in [0.717, 1.165) is 37.4 Å². The molecule has 0 saturated carbocycles. The minimum atomic E-state index is -0.211. The Morgan fingerprint density at radius 3 is 2.59 bits per heavy atom. The number of fused-ring (bicyclic) bond motifs is 1. The van der Waals surface area contributed by atoms with Gasteiger partial charge in [0, 0.05) is 44.7 Å². The molecule has 3 saturated heterocycles. The Balaban J connectivity index is 1.30. The summed E-state index contributed by atoms with van der Waals surface area (Å²) < 4.78 is 13.0. The second kappa shape index (κ2) is 11.0. The molecule has 0 radical (unpaired) electrons. The number of rotatable bonds is 6. The third-order valence-electron chi connectivity index (χ3n) is 7.32. The fraction of sp³-hybridized carbons (Fsp3) is 0.357. The predicted octanol–water partition coefficient (Wildman–Crippen LogP) is 3.41. The molecule has 0 spiro atoms. The van der Waals surface area contributed by atoms with E-state index in [-0.39, 0.29) is 17.6 Å². The van der Waals surface area contributed by atoms with Gasteiger partial charge in [0.05, 0.1) is 30.2 Å². The highest BCUT2D eigenvalue weighted by Gasteiger charge is 2.35. The first-order chi connectivity index (χ1) is 19.0. The Morgan fingerprint density at radius 1 is 1.10 bits per heavy atom. The van der Waals surface area contributed by atoms with Crippen molar-refractivity contribution in [2.24, 2.45) is 0 Å². The number of thiocarbonyl (C=S) groups is 1. The number of amides is 1. The Labute approximate surface area is 236 Å². The minimum Gasteiger partial charge on any atom is -0.497 e. The number of thioether (sulfide) groups is 1. The molecule has 39 heavy (non-hydrogen) atoms. The smallest absolute Gasteiger partial charge is 0.267 e. The number of anilines is 2. The van der Waals surface area contributed by atoms with E-state index in [9.17, 15) is 9.59 Å². The third kappa shape index (κ3) is 5.13. The molecule has 3 aliphatic rings. The summed E-state index contributed by atoms with van der Waals surface area (Å²) in [5, 5.41) is 0. The van der Waals surface area contributed by atoms with Crippen LogP contribution in [0.4, 0.5) is 11.5 Å². The molecule has 0 bridgehead atoms. The average Bonchev–Trinajstić information content (AvgIpc) is 3.58. The number of carbonyl (C=O) groups is 1. The normalized spacial score (nSPS) is 21.0. The standard InChI is InChI=1S/C28H29N5O4S2/c1-36-20-9-7-19(8-10-20)30-12-14-31(15-13-30)25-22(26(34)32-11-3-2-6-24(32)29-25)17-23-27(35)33(28(38)39-23)18-21-5-4-16-37-21/h2-3,6-11,17,21H,4-5,12-16,18H2,1H3. The van der Waals surface area contributed by atoms with Gasteiger partial charge in [-0.05, 0) is 55.3 Å². The van der Waals surface area contributed by atoms with E-state index >= 15 is 0 Å². The maximum absolute atomic E-state index is 13.7. The Kier molecular flexibility index (Phi) is 7.28. The van der Waals surface area contributed by atoms with Crippen LogP contribution in [0.25, 0.3) is 11.7 Å². The maximum Gasteiger partial charge on any atom is 0.267 e. The van der Waals surface area contributed by atoms with Crippen LogP contribution in [0, 0.1) is 0 Å². The van der Waals surface area contributed by atoms with Crippen LogP contribution < -0.4 is 20.1 Å². The van der Waals surface area contributed by atoms with E-state index in [1.165, 1.54) is 16.2 Å². The van der Waals surface area contributed by atoms with Crippen molar-refractivity contribution in [2.75, 3.05) is 56.2 Å².